The summed E-state index contributed by atoms with van der Waals surface area (Å²) >= 11 is 0. The Balaban J connectivity index is 1.94. The molecule has 2 aromatic heterocycles. The second kappa shape index (κ2) is 8.32. The highest BCUT2D eigenvalue weighted by atomic mass is 19.1. The molecule has 9 heteroatoms. The number of anilines is 1. The number of nitrogens with zero attached hydrogens (tertiary/aromatic N) is 4. The summed E-state index contributed by atoms with van der Waals surface area (Å²) in [5.74, 6) is -0.982. The number of halogens is 2. The molecule has 7 nitrogen and oxygen atoms in total. The predicted octanol–water partition coefficient (Wildman–Crippen LogP) is 2.89. The second-order valence-electron chi connectivity index (χ2n) is 7.82. The first-order chi connectivity index (χ1) is 14.8. The van der Waals surface area contributed by atoms with Crippen LogP contribution in [0, 0.1) is 25.5 Å². The highest BCUT2D eigenvalue weighted by Crippen LogP contribution is 2.28. The number of aryl methyl sites for hydroxylation is 1. The van der Waals surface area contributed by atoms with Gasteiger partial charge in [-0.15, -0.1) is 0 Å². The van der Waals surface area contributed by atoms with Crippen LogP contribution in [0.25, 0.3) is 16.9 Å². The maximum atomic E-state index is 14.7. The number of fused-ring (bicyclic) bond motifs is 1. The molecule has 1 aliphatic rings. The monoisotopic (exact) mass is 430 g/mol. The zero-order chi connectivity index (χ0) is 22.3. The number of hydrogen-bond acceptors (Lipinski definition) is 6. The third-order valence-electron chi connectivity index (χ3n) is 5.46. The molecule has 3 aromatic rings. The van der Waals surface area contributed by atoms with Crippen LogP contribution in [0.1, 0.15) is 18.2 Å². The molecular weight excluding hydrogens is 406 g/mol. The minimum absolute atomic E-state index is 0.0747. The van der Waals surface area contributed by atoms with Gasteiger partial charge in [0.1, 0.15) is 23.1 Å². The first-order valence-corrected chi connectivity index (χ1v) is 10.0. The topological polar surface area (TPSA) is 69.0 Å². The van der Waals surface area contributed by atoms with Gasteiger partial charge in [0.15, 0.2) is 5.65 Å². The van der Waals surface area contributed by atoms with Crippen LogP contribution in [0.3, 0.4) is 0 Å². The molecule has 1 fully saturated rings. The van der Waals surface area contributed by atoms with E-state index in [1.165, 1.54) is 10.5 Å². The van der Waals surface area contributed by atoms with E-state index < -0.39 is 11.6 Å². The first kappa shape index (κ1) is 21.3. The molecule has 1 aromatic carbocycles. The molecule has 0 aliphatic carbocycles. The highest BCUT2D eigenvalue weighted by Gasteiger charge is 2.28. The predicted molar refractivity (Wildman–Crippen MR) is 113 cm³/mol. The van der Waals surface area contributed by atoms with E-state index in [0.29, 0.717) is 36.8 Å². The standard InChI is InChI=1S/C22H24F2N4O3/c1-12-8-27(9-16(31-12)11-30-4)19-10-28-21(25-14(3)13(2)22(28)29)20(26-19)17-6-5-15(23)7-18(17)24/h5-7,10,12,16H,8-9,11H2,1-4H3. The second-order valence-corrected chi connectivity index (χ2v) is 7.82. The number of aromatic nitrogens is 3. The van der Waals surface area contributed by atoms with Crippen molar-refractivity contribution in [2.75, 3.05) is 31.7 Å². The molecular formula is C22H24F2N4O3. The molecule has 2 atom stereocenters. The summed E-state index contributed by atoms with van der Waals surface area (Å²) in [4.78, 5) is 24.2. The lowest BCUT2D eigenvalue weighted by Gasteiger charge is -2.37. The Morgan fingerprint density at radius 1 is 1.23 bits per heavy atom. The number of morpholine rings is 1. The Morgan fingerprint density at radius 3 is 2.71 bits per heavy atom. The fourth-order valence-corrected chi connectivity index (χ4v) is 3.85. The van der Waals surface area contributed by atoms with Crippen molar-refractivity contribution in [2.24, 2.45) is 0 Å². The van der Waals surface area contributed by atoms with Gasteiger partial charge in [0.25, 0.3) is 5.56 Å². The molecule has 1 saturated heterocycles. The molecule has 31 heavy (non-hydrogen) atoms. The zero-order valence-corrected chi connectivity index (χ0v) is 17.9. The maximum absolute atomic E-state index is 14.7. The summed E-state index contributed by atoms with van der Waals surface area (Å²) in [5.41, 5.74) is 1.24. The zero-order valence-electron chi connectivity index (χ0n) is 17.9. The maximum Gasteiger partial charge on any atom is 0.261 e. The van der Waals surface area contributed by atoms with Crippen LogP contribution in [0.5, 0.6) is 0 Å². The molecule has 4 rings (SSSR count). The molecule has 0 bridgehead atoms. The minimum Gasteiger partial charge on any atom is -0.382 e. The lowest BCUT2D eigenvalue weighted by atomic mass is 10.1. The van der Waals surface area contributed by atoms with Gasteiger partial charge in [-0.1, -0.05) is 0 Å². The van der Waals surface area contributed by atoms with Crippen molar-refractivity contribution in [2.45, 2.75) is 33.0 Å². The Morgan fingerprint density at radius 2 is 2.00 bits per heavy atom. The molecule has 2 unspecified atom stereocenters. The van der Waals surface area contributed by atoms with Gasteiger partial charge < -0.3 is 14.4 Å². The number of ether oxygens (including phenoxy) is 2. The molecule has 3 heterocycles. The number of hydrogen-bond donors (Lipinski definition) is 0. The Kier molecular flexibility index (Phi) is 5.72. The summed E-state index contributed by atoms with van der Waals surface area (Å²) in [6, 6.07) is 3.27. The van der Waals surface area contributed by atoms with Gasteiger partial charge in [0, 0.05) is 43.1 Å². The van der Waals surface area contributed by atoms with Crippen LogP contribution >= 0.6 is 0 Å². The summed E-state index contributed by atoms with van der Waals surface area (Å²) in [7, 11) is 1.60. The fraction of sp³-hybridized carbons (Fsp3) is 0.409. The molecule has 1 aliphatic heterocycles. The van der Waals surface area contributed by atoms with E-state index in [0.717, 1.165) is 12.1 Å². The quantitative estimate of drug-likeness (QED) is 0.634. The van der Waals surface area contributed by atoms with Crippen molar-refractivity contribution in [3.8, 4) is 11.3 Å². The van der Waals surface area contributed by atoms with Crippen molar-refractivity contribution in [1.29, 1.82) is 0 Å². The normalized spacial score (nSPS) is 19.2. The number of methoxy groups -OCH3 is 1. The summed E-state index contributed by atoms with van der Waals surface area (Å²) in [6.07, 6.45) is 1.35. The van der Waals surface area contributed by atoms with E-state index in [2.05, 4.69) is 9.97 Å². The molecule has 164 valence electrons. The van der Waals surface area contributed by atoms with Gasteiger partial charge in [-0.25, -0.2) is 18.7 Å². The average molecular weight is 430 g/mol. The third-order valence-corrected chi connectivity index (χ3v) is 5.46. The van der Waals surface area contributed by atoms with E-state index >= 15 is 0 Å². The molecule has 0 N–H and O–H groups in total. The Hall–Kier alpha value is -2.91. The van der Waals surface area contributed by atoms with Gasteiger partial charge in [-0.05, 0) is 32.9 Å². The van der Waals surface area contributed by atoms with Gasteiger partial charge in [-0.2, -0.15) is 0 Å². The first-order valence-electron chi connectivity index (χ1n) is 10.0. The smallest absolute Gasteiger partial charge is 0.261 e. The molecule has 0 saturated carbocycles. The fourth-order valence-electron chi connectivity index (χ4n) is 3.85. The lowest BCUT2D eigenvalue weighted by Crippen LogP contribution is -2.48. The van der Waals surface area contributed by atoms with Crippen LogP contribution in [-0.2, 0) is 9.47 Å². The van der Waals surface area contributed by atoms with E-state index in [1.807, 2.05) is 11.8 Å². The highest BCUT2D eigenvalue weighted by molar-refractivity contribution is 5.76. The van der Waals surface area contributed by atoms with Crippen LogP contribution in [0.4, 0.5) is 14.6 Å². The summed E-state index contributed by atoms with van der Waals surface area (Å²) in [5, 5.41) is 0. The van der Waals surface area contributed by atoms with Crippen molar-refractivity contribution in [3.05, 3.63) is 57.6 Å². The number of benzene rings is 1. The van der Waals surface area contributed by atoms with Crippen LogP contribution in [0.2, 0.25) is 0 Å². The van der Waals surface area contributed by atoms with E-state index in [1.54, 1.807) is 27.2 Å². The van der Waals surface area contributed by atoms with E-state index in [-0.39, 0.29) is 34.7 Å². The van der Waals surface area contributed by atoms with Crippen molar-refractivity contribution in [1.82, 2.24) is 14.4 Å². The molecule has 0 radical (unpaired) electrons. The number of rotatable bonds is 4. The summed E-state index contributed by atoms with van der Waals surface area (Å²) < 4.78 is 40.7. The van der Waals surface area contributed by atoms with Crippen molar-refractivity contribution < 1.29 is 18.3 Å². The van der Waals surface area contributed by atoms with Crippen molar-refractivity contribution >= 4 is 11.5 Å². The third kappa shape index (κ3) is 4.03. The van der Waals surface area contributed by atoms with Gasteiger partial charge >= 0.3 is 0 Å². The van der Waals surface area contributed by atoms with Crippen LogP contribution in [0.15, 0.2) is 29.2 Å². The average Bonchev–Trinajstić information content (AvgIpc) is 2.72. The largest absolute Gasteiger partial charge is 0.382 e. The molecule has 0 amide bonds. The molecule has 0 spiro atoms. The van der Waals surface area contributed by atoms with Crippen LogP contribution < -0.4 is 10.5 Å². The summed E-state index contributed by atoms with van der Waals surface area (Å²) in [6.45, 7) is 6.80. The lowest BCUT2D eigenvalue weighted by molar-refractivity contribution is -0.0512. The minimum atomic E-state index is -0.772. The van der Waals surface area contributed by atoms with Gasteiger partial charge in [0.2, 0.25) is 0 Å². The Labute approximate surface area is 178 Å². The SMILES string of the molecule is COCC1CN(c2cn3c(=O)c(C)c(C)nc3c(-c3ccc(F)cc3F)n2)CC(C)O1. The van der Waals surface area contributed by atoms with Gasteiger partial charge in [0.05, 0.1) is 25.0 Å². The van der Waals surface area contributed by atoms with E-state index in [9.17, 15) is 13.6 Å². The van der Waals surface area contributed by atoms with Gasteiger partial charge in [-0.3, -0.25) is 9.20 Å². The van der Waals surface area contributed by atoms with E-state index in [4.69, 9.17) is 9.47 Å². The van der Waals surface area contributed by atoms with Crippen molar-refractivity contribution in [3.63, 3.8) is 0 Å². The van der Waals surface area contributed by atoms with Crippen LogP contribution in [-0.4, -0.2) is 53.4 Å². The Bertz CT molecular complexity index is 1200.